The summed E-state index contributed by atoms with van der Waals surface area (Å²) in [5.74, 6) is 6.77. The molecule has 1 amide bonds. The van der Waals surface area contributed by atoms with Gasteiger partial charge in [0.25, 0.3) is 0 Å². The molecule has 0 saturated carbocycles. The largest absolute Gasteiger partial charge is 0.335 e. The molecule has 7 heteroatoms. The monoisotopic (exact) mass is 367 g/mol. The molecule has 0 unspecified atom stereocenters. The molecule has 0 aliphatic rings. The summed E-state index contributed by atoms with van der Waals surface area (Å²) in [5, 5.41) is 11.7. The average molecular weight is 367 g/mol. The number of thioether (sulfide) groups is 1. The molecule has 0 atom stereocenters. The molecule has 0 aliphatic heterocycles. The number of rotatable bonds is 5. The molecule has 3 rings (SSSR count). The third-order valence-corrected chi connectivity index (χ3v) is 4.87. The molecular formula is C19H21N5OS. The fourth-order valence-electron chi connectivity index (χ4n) is 2.63. The molecule has 2 aromatic carbocycles. The first kappa shape index (κ1) is 18.0. The topological polar surface area (TPSA) is 85.8 Å². The smallest absolute Gasteiger partial charge is 0.234 e. The van der Waals surface area contributed by atoms with Crippen LogP contribution in [0.15, 0.2) is 47.6 Å². The van der Waals surface area contributed by atoms with Gasteiger partial charge in [0.15, 0.2) is 5.82 Å². The Morgan fingerprint density at radius 1 is 1.12 bits per heavy atom. The van der Waals surface area contributed by atoms with Crippen LogP contribution < -0.4 is 11.2 Å². The van der Waals surface area contributed by atoms with Gasteiger partial charge in [-0.1, -0.05) is 53.2 Å². The van der Waals surface area contributed by atoms with Crippen molar-refractivity contribution in [1.82, 2.24) is 14.9 Å². The molecule has 3 N–H and O–H groups in total. The maximum Gasteiger partial charge on any atom is 0.234 e. The van der Waals surface area contributed by atoms with Crippen molar-refractivity contribution in [2.24, 2.45) is 0 Å². The minimum Gasteiger partial charge on any atom is -0.335 e. The van der Waals surface area contributed by atoms with E-state index in [1.807, 2.05) is 63.2 Å². The van der Waals surface area contributed by atoms with Crippen LogP contribution >= 0.6 is 11.8 Å². The van der Waals surface area contributed by atoms with Gasteiger partial charge in [0.2, 0.25) is 11.1 Å². The lowest BCUT2D eigenvalue weighted by Crippen LogP contribution is -2.17. The van der Waals surface area contributed by atoms with E-state index in [1.165, 1.54) is 16.4 Å². The Bertz CT molecular complexity index is 951. The molecule has 0 aliphatic carbocycles. The van der Waals surface area contributed by atoms with E-state index >= 15 is 0 Å². The van der Waals surface area contributed by atoms with Crippen LogP contribution in [0.4, 0.5) is 5.69 Å². The summed E-state index contributed by atoms with van der Waals surface area (Å²) in [7, 11) is 0. The zero-order chi connectivity index (χ0) is 18.7. The summed E-state index contributed by atoms with van der Waals surface area (Å²) in [5.41, 5.74) is 5.02. The lowest BCUT2D eigenvalue weighted by Gasteiger charge is -2.09. The van der Waals surface area contributed by atoms with Crippen molar-refractivity contribution in [3.8, 4) is 11.4 Å². The van der Waals surface area contributed by atoms with Gasteiger partial charge in [-0.25, -0.2) is 4.68 Å². The lowest BCUT2D eigenvalue weighted by atomic mass is 10.1. The van der Waals surface area contributed by atoms with Gasteiger partial charge in [0.05, 0.1) is 5.75 Å². The molecule has 3 aromatic rings. The molecule has 134 valence electrons. The molecule has 1 aromatic heterocycles. The second-order valence-electron chi connectivity index (χ2n) is 6.20. The summed E-state index contributed by atoms with van der Waals surface area (Å²) < 4.78 is 1.42. The Hall–Kier alpha value is -2.80. The van der Waals surface area contributed by atoms with E-state index < -0.39 is 0 Å². The number of nitrogens with two attached hydrogens (primary N) is 1. The number of amides is 1. The number of nitrogens with zero attached hydrogens (tertiary/aromatic N) is 3. The average Bonchev–Trinajstić information content (AvgIpc) is 2.96. The highest BCUT2D eigenvalue weighted by Gasteiger charge is 2.14. The molecule has 0 fully saturated rings. The van der Waals surface area contributed by atoms with Crippen LogP contribution in [-0.2, 0) is 4.79 Å². The van der Waals surface area contributed by atoms with E-state index in [-0.39, 0.29) is 11.7 Å². The standard InChI is InChI=1S/C19H21N5OS/c1-12-5-4-6-15(10-12)18-22-23-19(24(18)20)26-11-17(25)21-16-8-7-13(2)9-14(16)3/h4-10H,11,20H2,1-3H3,(H,21,25). The Kier molecular flexibility index (Phi) is 5.27. The number of anilines is 1. The SMILES string of the molecule is Cc1cccc(-c2nnc(SCC(=O)Nc3ccc(C)cc3C)n2N)c1. The van der Waals surface area contributed by atoms with Crippen molar-refractivity contribution < 1.29 is 4.79 Å². The zero-order valence-electron chi connectivity index (χ0n) is 15.0. The maximum absolute atomic E-state index is 12.2. The number of carbonyl (C=O) groups excluding carboxylic acids is 1. The fraction of sp³-hybridized carbons (Fsp3) is 0.211. The van der Waals surface area contributed by atoms with E-state index in [1.54, 1.807) is 0 Å². The van der Waals surface area contributed by atoms with Crippen LogP contribution in [0.2, 0.25) is 0 Å². The van der Waals surface area contributed by atoms with Gasteiger partial charge in [-0.15, -0.1) is 10.2 Å². The van der Waals surface area contributed by atoms with Crippen LogP contribution in [0.3, 0.4) is 0 Å². The number of hydrogen-bond acceptors (Lipinski definition) is 5. The third-order valence-electron chi connectivity index (χ3n) is 3.93. The molecular weight excluding hydrogens is 346 g/mol. The highest BCUT2D eigenvalue weighted by molar-refractivity contribution is 7.99. The van der Waals surface area contributed by atoms with Gasteiger partial charge in [-0.3, -0.25) is 4.79 Å². The van der Waals surface area contributed by atoms with Gasteiger partial charge in [-0.2, -0.15) is 0 Å². The molecule has 26 heavy (non-hydrogen) atoms. The van der Waals surface area contributed by atoms with E-state index in [0.29, 0.717) is 11.0 Å². The van der Waals surface area contributed by atoms with Gasteiger partial charge < -0.3 is 11.2 Å². The van der Waals surface area contributed by atoms with Crippen LogP contribution in [0, 0.1) is 20.8 Å². The third kappa shape index (κ3) is 4.05. The summed E-state index contributed by atoms with van der Waals surface area (Å²) >= 11 is 1.26. The number of benzene rings is 2. The van der Waals surface area contributed by atoms with Crippen molar-refractivity contribution in [1.29, 1.82) is 0 Å². The Balaban J connectivity index is 1.66. The van der Waals surface area contributed by atoms with Crippen molar-refractivity contribution in [2.45, 2.75) is 25.9 Å². The lowest BCUT2D eigenvalue weighted by molar-refractivity contribution is -0.113. The predicted molar refractivity (Wildman–Crippen MR) is 106 cm³/mol. The molecule has 6 nitrogen and oxygen atoms in total. The van der Waals surface area contributed by atoms with E-state index in [2.05, 4.69) is 15.5 Å². The maximum atomic E-state index is 12.2. The highest BCUT2D eigenvalue weighted by atomic mass is 32.2. The summed E-state index contributed by atoms with van der Waals surface area (Å²) in [4.78, 5) is 12.2. The fourth-order valence-corrected chi connectivity index (χ4v) is 3.28. The molecule has 1 heterocycles. The summed E-state index contributed by atoms with van der Waals surface area (Å²) in [6, 6.07) is 13.8. The van der Waals surface area contributed by atoms with Crippen LogP contribution in [0.1, 0.15) is 16.7 Å². The van der Waals surface area contributed by atoms with Crippen molar-refractivity contribution in [2.75, 3.05) is 16.9 Å². The van der Waals surface area contributed by atoms with Crippen molar-refractivity contribution in [3.63, 3.8) is 0 Å². The van der Waals surface area contributed by atoms with E-state index in [0.717, 1.165) is 27.9 Å². The number of carbonyl (C=O) groups is 1. The Morgan fingerprint density at radius 3 is 2.62 bits per heavy atom. The van der Waals surface area contributed by atoms with Crippen molar-refractivity contribution in [3.05, 3.63) is 59.2 Å². The minimum absolute atomic E-state index is 0.109. The summed E-state index contributed by atoms with van der Waals surface area (Å²) in [6.07, 6.45) is 0. The minimum atomic E-state index is -0.109. The Morgan fingerprint density at radius 2 is 1.88 bits per heavy atom. The molecule has 0 bridgehead atoms. The Labute approximate surface area is 156 Å². The molecule has 0 spiro atoms. The van der Waals surface area contributed by atoms with Gasteiger partial charge in [-0.05, 0) is 38.5 Å². The predicted octanol–water partition coefficient (Wildman–Crippen LogP) is 3.31. The molecule has 0 saturated heterocycles. The quantitative estimate of drug-likeness (QED) is 0.534. The molecule has 0 radical (unpaired) electrons. The number of nitrogen functional groups attached to an aromatic ring is 1. The van der Waals surface area contributed by atoms with Gasteiger partial charge in [0.1, 0.15) is 0 Å². The van der Waals surface area contributed by atoms with Crippen LogP contribution in [0.5, 0.6) is 0 Å². The second kappa shape index (κ2) is 7.61. The van der Waals surface area contributed by atoms with Gasteiger partial charge >= 0.3 is 0 Å². The first-order valence-corrected chi connectivity index (χ1v) is 9.20. The number of hydrogen-bond donors (Lipinski definition) is 2. The second-order valence-corrected chi connectivity index (χ2v) is 7.14. The van der Waals surface area contributed by atoms with E-state index in [9.17, 15) is 4.79 Å². The van der Waals surface area contributed by atoms with Crippen LogP contribution in [0.25, 0.3) is 11.4 Å². The summed E-state index contributed by atoms with van der Waals surface area (Å²) in [6.45, 7) is 6.00. The number of aromatic nitrogens is 3. The van der Waals surface area contributed by atoms with Crippen LogP contribution in [-0.4, -0.2) is 26.5 Å². The highest BCUT2D eigenvalue weighted by Crippen LogP contribution is 2.23. The normalized spacial score (nSPS) is 10.7. The van der Waals surface area contributed by atoms with E-state index in [4.69, 9.17) is 5.84 Å². The first-order chi connectivity index (χ1) is 12.4. The number of aryl methyl sites for hydroxylation is 3. The van der Waals surface area contributed by atoms with Crippen molar-refractivity contribution >= 4 is 23.4 Å². The number of nitrogens with one attached hydrogen (secondary N) is 1. The van der Waals surface area contributed by atoms with Gasteiger partial charge in [0, 0.05) is 11.3 Å². The zero-order valence-corrected chi connectivity index (χ0v) is 15.8. The first-order valence-electron chi connectivity index (χ1n) is 8.21.